The monoisotopic (exact) mass is 344 g/mol. The van der Waals surface area contributed by atoms with Gasteiger partial charge in [0.2, 0.25) is 20.0 Å². The first-order valence-electron chi connectivity index (χ1n) is 5.86. The predicted octanol–water partition coefficient (Wildman–Crippen LogP) is 0.427. The van der Waals surface area contributed by atoms with Crippen LogP contribution in [0.15, 0.2) is 45.9 Å². The fraction of sp³-hybridized carbons (Fsp3) is 0.167. The molecule has 0 unspecified atom stereocenters. The van der Waals surface area contributed by atoms with E-state index in [0.29, 0.717) is 18.1 Å². The molecule has 2 rings (SSSR count). The van der Waals surface area contributed by atoms with Crippen molar-refractivity contribution in [2.45, 2.75) is 0 Å². The summed E-state index contributed by atoms with van der Waals surface area (Å²) in [5.41, 5.74) is -1.19. The average Bonchev–Trinajstić information content (AvgIpc) is 2.39. The molecule has 0 N–H and O–H groups in total. The molecule has 0 aromatic carbocycles. The second-order valence-corrected chi connectivity index (χ2v) is 8.33. The van der Waals surface area contributed by atoms with Gasteiger partial charge in [-0.15, -0.1) is 0 Å². The number of nitrogens with zero attached hydrogens (tertiary/aromatic N) is 2. The quantitative estimate of drug-likeness (QED) is 0.789. The summed E-state index contributed by atoms with van der Waals surface area (Å²) in [5.74, 6) is 0.142. The third-order valence-electron chi connectivity index (χ3n) is 2.55. The van der Waals surface area contributed by atoms with E-state index in [-0.39, 0.29) is 9.47 Å². The highest BCUT2D eigenvalue weighted by Crippen LogP contribution is 2.21. The van der Waals surface area contributed by atoms with Crippen molar-refractivity contribution in [2.24, 2.45) is 0 Å². The van der Waals surface area contributed by atoms with Crippen LogP contribution in [0.2, 0.25) is 0 Å². The van der Waals surface area contributed by atoms with Gasteiger partial charge in [-0.3, -0.25) is 4.98 Å². The molecule has 0 bridgehead atoms. The summed E-state index contributed by atoms with van der Waals surface area (Å²) in [6, 6.07) is 5.64. The lowest BCUT2D eigenvalue weighted by Gasteiger charge is -2.18. The first-order chi connectivity index (χ1) is 10.1. The minimum absolute atomic E-state index is 0.0405. The summed E-state index contributed by atoms with van der Waals surface area (Å²) in [4.78, 5) is 15.9. The summed E-state index contributed by atoms with van der Waals surface area (Å²) < 4.78 is 51.6. The maximum absolute atomic E-state index is 12.0. The SMILES string of the molecule is CS(=O)(=O)N(c1ccc(-c2cccnc2)oc1=O)S(C)(=O)=O. The lowest BCUT2D eigenvalue weighted by molar-refractivity contribution is 0.526. The number of hydrogen-bond acceptors (Lipinski definition) is 7. The van der Waals surface area contributed by atoms with Crippen LogP contribution >= 0.6 is 0 Å². The Balaban J connectivity index is 2.62. The highest BCUT2D eigenvalue weighted by Gasteiger charge is 2.30. The molecule has 0 atom stereocenters. The summed E-state index contributed by atoms with van der Waals surface area (Å²) in [6.07, 6.45) is 4.35. The molecule has 0 fully saturated rings. The van der Waals surface area contributed by atoms with Gasteiger partial charge in [-0.25, -0.2) is 21.6 Å². The van der Waals surface area contributed by atoms with E-state index in [1.54, 1.807) is 12.1 Å². The van der Waals surface area contributed by atoms with Crippen LogP contribution in [0.1, 0.15) is 0 Å². The Kier molecular flexibility index (Phi) is 4.07. The normalized spacial score (nSPS) is 12.1. The van der Waals surface area contributed by atoms with E-state index in [9.17, 15) is 21.6 Å². The number of hydrogen-bond donors (Lipinski definition) is 0. The van der Waals surface area contributed by atoms with Crippen LogP contribution in [0, 0.1) is 0 Å². The number of sulfonamides is 2. The molecular weight excluding hydrogens is 332 g/mol. The van der Waals surface area contributed by atoms with Crippen molar-refractivity contribution >= 4 is 25.7 Å². The van der Waals surface area contributed by atoms with E-state index >= 15 is 0 Å². The fourth-order valence-corrected chi connectivity index (χ4v) is 4.76. The number of pyridine rings is 1. The summed E-state index contributed by atoms with van der Waals surface area (Å²) in [5, 5.41) is 0. The van der Waals surface area contributed by atoms with Crippen LogP contribution < -0.4 is 9.34 Å². The van der Waals surface area contributed by atoms with Gasteiger partial charge in [0.1, 0.15) is 5.76 Å². The Hall–Kier alpha value is -2.20. The van der Waals surface area contributed by atoms with E-state index in [2.05, 4.69) is 4.98 Å². The number of anilines is 1. The highest BCUT2D eigenvalue weighted by molar-refractivity contribution is 8.09. The molecule has 0 aliphatic heterocycles. The molecule has 10 heteroatoms. The van der Waals surface area contributed by atoms with Crippen LogP contribution in [-0.4, -0.2) is 34.3 Å². The van der Waals surface area contributed by atoms with Crippen LogP contribution in [0.25, 0.3) is 11.3 Å². The molecule has 2 aromatic heterocycles. The van der Waals surface area contributed by atoms with Crippen molar-refractivity contribution in [3.05, 3.63) is 47.1 Å². The first-order valence-corrected chi connectivity index (χ1v) is 9.55. The molecule has 0 amide bonds. The molecular formula is C12H12N2O6S2. The fourth-order valence-electron chi connectivity index (χ4n) is 1.81. The third kappa shape index (κ3) is 3.34. The zero-order chi connectivity index (χ0) is 16.5. The van der Waals surface area contributed by atoms with Crippen LogP contribution in [0.5, 0.6) is 0 Å². The zero-order valence-corrected chi connectivity index (χ0v) is 13.3. The van der Waals surface area contributed by atoms with Crippen molar-refractivity contribution in [3.63, 3.8) is 0 Å². The van der Waals surface area contributed by atoms with E-state index < -0.39 is 31.4 Å². The molecule has 0 radical (unpaired) electrons. The molecule has 0 saturated carbocycles. The van der Waals surface area contributed by atoms with Gasteiger partial charge in [-0.2, -0.15) is 3.71 Å². The average molecular weight is 344 g/mol. The lowest BCUT2D eigenvalue weighted by Crippen LogP contribution is -2.38. The van der Waals surface area contributed by atoms with Crippen molar-refractivity contribution < 1.29 is 21.3 Å². The Morgan fingerprint density at radius 2 is 1.68 bits per heavy atom. The first kappa shape index (κ1) is 16.2. The van der Waals surface area contributed by atoms with Crippen LogP contribution in [-0.2, 0) is 20.0 Å². The maximum Gasteiger partial charge on any atom is 0.362 e. The number of rotatable bonds is 4. The predicted molar refractivity (Wildman–Crippen MR) is 80.4 cm³/mol. The van der Waals surface area contributed by atoms with Crippen molar-refractivity contribution in [3.8, 4) is 11.3 Å². The van der Waals surface area contributed by atoms with Crippen molar-refractivity contribution in [1.29, 1.82) is 0 Å². The lowest BCUT2D eigenvalue weighted by atomic mass is 10.2. The van der Waals surface area contributed by atoms with Gasteiger partial charge in [-0.1, -0.05) is 0 Å². The molecule has 0 aliphatic rings. The molecule has 8 nitrogen and oxygen atoms in total. The van der Waals surface area contributed by atoms with Gasteiger partial charge in [0.05, 0.1) is 12.5 Å². The minimum Gasteiger partial charge on any atom is -0.421 e. The maximum atomic E-state index is 12.0. The summed E-state index contributed by atoms with van der Waals surface area (Å²) in [6.45, 7) is 0. The topological polar surface area (TPSA) is 115 Å². The molecule has 0 spiro atoms. The smallest absolute Gasteiger partial charge is 0.362 e. The zero-order valence-electron chi connectivity index (χ0n) is 11.6. The summed E-state index contributed by atoms with van der Waals surface area (Å²) >= 11 is 0. The van der Waals surface area contributed by atoms with Gasteiger partial charge in [-0.05, 0) is 24.3 Å². The Morgan fingerprint density at radius 3 is 2.14 bits per heavy atom. The van der Waals surface area contributed by atoms with Crippen molar-refractivity contribution in [2.75, 3.05) is 16.2 Å². The third-order valence-corrected chi connectivity index (χ3v) is 5.77. The van der Waals surface area contributed by atoms with Crippen LogP contribution in [0.4, 0.5) is 5.69 Å². The molecule has 0 saturated heterocycles. The van der Waals surface area contributed by atoms with E-state index in [0.717, 1.165) is 6.07 Å². The van der Waals surface area contributed by atoms with Crippen molar-refractivity contribution in [1.82, 2.24) is 4.98 Å². The summed E-state index contributed by atoms with van der Waals surface area (Å²) in [7, 11) is -8.41. The molecule has 2 heterocycles. The second-order valence-electron chi connectivity index (χ2n) is 4.44. The van der Waals surface area contributed by atoms with Gasteiger partial charge >= 0.3 is 5.63 Å². The van der Waals surface area contributed by atoms with Gasteiger partial charge < -0.3 is 4.42 Å². The molecule has 2 aromatic rings. The van der Waals surface area contributed by atoms with Gasteiger partial charge in [0.15, 0.2) is 5.69 Å². The highest BCUT2D eigenvalue weighted by atomic mass is 32.3. The van der Waals surface area contributed by atoms with Gasteiger partial charge in [0.25, 0.3) is 0 Å². The van der Waals surface area contributed by atoms with E-state index in [1.165, 1.54) is 18.5 Å². The molecule has 22 heavy (non-hydrogen) atoms. The Bertz CT molecular complexity index is 917. The van der Waals surface area contributed by atoms with Crippen LogP contribution in [0.3, 0.4) is 0 Å². The molecule has 118 valence electrons. The molecule has 0 aliphatic carbocycles. The largest absolute Gasteiger partial charge is 0.421 e. The van der Waals surface area contributed by atoms with E-state index in [4.69, 9.17) is 4.42 Å². The second kappa shape index (κ2) is 5.54. The minimum atomic E-state index is -4.20. The standard InChI is InChI=1S/C12H12N2O6S2/c1-21(16,17)14(22(2,18)19)10-5-6-11(20-12(10)15)9-4-3-7-13-8-9/h3-8H,1-2H3. The number of aromatic nitrogens is 1. The Morgan fingerprint density at radius 1 is 1.05 bits per heavy atom. The van der Waals surface area contributed by atoms with Gasteiger partial charge in [0, 0.05) is 18.0 Å². The van der Waals surface area contributed by atoms with E-state index in [1.807, 2.05) is 0 Å². The Labute approximate surface area is 127 Å².